The Bertz CT molecular complexity index is 764. The predicted molar refractivity (Wildman–Crippen MR) is 85.6 cm³/mol. The molecule has 0 bridgehead atoms. The molecule has 4 unspecified atom stereocenters. The SMILES string of the molecule is O=c1[nH]c2ccccc2nc1NN=CC(O)C(O)C(O)C(O)CO. The molecule has 0 aliphatic heterocycles. The minimum atomic E-state index is -1.78. The van der Waals surface area contributed by atoms with Gasteiger partial charge < -0.3 is 30.5 Å². The van der Waals surface area contributed by atoms with E-state index in [-0.39, 0.29) is 5.82 Å². The number of nitrogens with zero attached hydrogens (tertiary/aromatic N) is 2. The number of para-hydroxylation sites is 2. The van der Waals surface area contributed by atoms with Crippen molar-refractivity contribution >= 4 is 23.1 Å². The van der Waals surface area contributed by atoms with Crippen LogP contribution in [0.4, 0.5) is 5.82 Å². The average molecular weight is 338 g/mol. The molecular weight excluding hydrogens is 320 g/mol. The molecule has 2 aromatic rings. The molecule has 1 heterocycles. The van der Waals surface area contributed by atoms with Crippen LogP contribution in [0, 0.1) is 0 Å². The normalized spacial score (nSPS) is 16.9. The van der Waals surface area contributed by atoms with Crippen LogP contribution < -0.4 is 11.0 Å². The Kier molecular flexibility index (Phi) is 5.95. The summed E-state index contributed by atoms with van der Waals surface area (Å²) in [5, 5.41) is 50.2. The number of aromatic amines is 1. The van der Waals surface area contributed by atoms with E-state index >= 15 is 0 Å². The molecule has 0 amide bonds. The second-order valence-corrected chi connectivity index (χ2v) is 5.04. The fourth-order valence-corrected chi connectivity index (χ4v) is 1.91. The maximum Gasteiger partial charge on any atom is 0.293 e. The van der Waals surface area contributed by atoms with Gasteiger partial charge in [-0.15, -0.1) is 0 Å². The van der Waals surface area contributed by atoms with Crippen molar-refractivity contribution in [1.29, 1.82) is 0 Å². The van der Waals surface area contributed by atoms with Crippen molar-refractivity contribution in [2.24, 2.45) is 5.10 Å². The third-order valence-corrected chi connectivity index (χ3v) is 3.28. The zero-order valence-corrected chi connectivity index (χ0v) is 12.4. The second kappa shape index (κ2) is 7.95. The molecule has 2 rings (SSSR count). The third-order valence-electron chi connectivity index (χ3n) is 3.28. The lowest BCUT2D eigenvalue weighted by atomic mass is 10.0. The molecule has 0 fully saturated rings. The second-order valence-electron chi connectivity index (χ2n) is 5.04. The van der Waals surface area contributed by atoms with Gasteiger partial charge in [-0.05, 0) is 12.1 Å². The largest absolute Gasteiger partial charge is 0.394 e. The summed E-state index contributed by atoms with van der Waals surface area (Å²) in [5.41, 5.74) is 2.87. The first-order valence-electron chi connectivity index (χ1n) is 7.05. The minimum absolute atomic E-state index is 0.123. The number of hydrogen-bond acceptors (Lipinski definition) is 9. The molecule has 10 heteroatoms. The van der Waals surface area contributed by atoms with Crippen LogP contribution in [0.2, 0.25) is 0 Å². The fraction of sp³-hybridized carbons (Fsp3) is 0.357. The first-order valence-corrected chi connectivity index (χ1v) is 7.05. The lowest BCUT2D eigenvalue weighted by molar-refractivity contribution is -0.0999. The monoisotopic (exact) mass is 338 g/mol. The van der Waals surface area contributed by atoms with E-state index in [4.69, 9.17) is 5.11 Å². The summed E-state index contributed by atoms with van der Waals surface area (Å²) in [6.07, 6.45) is -5.97. The van der Waals surface area contributed by atoms with E-state index in [0.29, 0.717) is 11.0 Å². The number of aliphatic hydroxyl groups excluding tert-OH is 5. The number of H-pyrrole nitrogens is 1. The number of aromatic nitrogens is 2. The summed E-state index contributed by atoms with van der Waals surface area (Å²) in [6.45, 7) is -0.781. The summed E-state index contributed by atoms with van der Waals surface area (Å²) in [7, 11) is 0. The van der Waals surface area contributed by atoms with E-state index in [1.54, 1.807) is 24.3 Å². The summed E-state index contributed by atoms with van der Waals surface area (Å²) in [5.74, 6) is -0.123. The van der Waals surface area contributed by atoms with Crippen LogP contribution >= 0.6 is 0 Å². The Labute approximate surface area is 135 Å². The zero-order chi connectivity index (χ0) is 17.7. The Balaban J connectivity index is 2.06. The van der Waals surface area contributed by atoms with Crippen molar-refractivity contribution < 1.29 is 25.5 Å². The Hall–Kier alpha value is -2.37. The molecule has 4 atom stereocenters. The summed E-state index contributed by atoms with van der Waals surface area (Å²) in [6, 6.07) is 6.86. The molecule has 0 aliphatic carbocycles. The lowest BCUT2D eigenvalue weighted by Crippen LogP contribution is -2.46. The van der Waals surface area contributed by atoms with Gasteiger partial charge in [0.1, 0.15) is 24.4 Å². The molecule has 7 N–H and O–H groups in total. The van der Waals surface area contributed by atoms with Crippen LogP contribution in [0.15, 0.2) is 34.2 Å². The number of fused-ring (bicyclic) bond motifs is 1. The minimum Gasteiger partial charge on any atom is -0.394 e. The topological polar surface area (TPSA) is 171 Å². The lowest BCUT2D eigenvalue weighted by Gasteiger charge is -2.23. The van der Waals surface area contributed by atoms with Gasteiger partial charge in [0, 0.05) is 0 Å². The van der Waals surface area contributed by atoms with Crippen LogP contribution in [0.3, 0.4) is 0 Å². The first-order chi connectivity index (χ1) is 11.4. The molecule has 0 aliphatic rings. The average Bonchev–Trinajstić information content (AvgIpc) is 2.59. The van der Waals surface area contributed by atoms with Gasteiger partial charge in [0.05, 0.1) is 23.9 Å². The van der Waals surface area contributed by atoms with Crippen molar-refractivity contribution in [3.63, 3.8) is 0 Å². The van der Waals surface area contributed by atoms with Crippen LogP contribution in [-0.2, 0) is 0 Å². The smallest absolute Gasteiger partial charge is 0.293 e. The number of hydrogen-bond donors (Lipinski definition) is 7. The molecule has 130 valence electrons. The van der Waals surface area contributed by atoms with E-state index in [0.717, 1.165) is 6.21 Å². The van der Waals surface area contributed by atoms with Gasteiger partial charge in [0.15, 0.2) is 0 Å². The molecule has 0 saturated heterocycles. The Morgan fingerprint density at radius 2 is 1.92 bits per heavy atom. The highest BCUT2D eigenvalue weighted by Gasteiger charge is 2.29. The van der Waals surface area contributed by atoms with Crippen LogP contribution in [0.1, 0.15) is 0 Å². The highest BCUT2D eigenvalue weighted by molar-refractivity contribution is 5.75. The molecule has 1 aromatic carbocycles. The molecule has 10 nitrogen and oxygen atoms in total. The van der Waals surface area contributed by atoms with Gasteiger partial charge in [-0.25, -0.2) is 4.98 Å². The first kappa shape index (κ1) is 18.0. The maximum absolute atomic E-state index is 11.8. The van der Waals surface area contributed by atoms with Gasteiger partial charge in [-0.1, -0.05) is 12.1 Å². The van der Waals surface area contributed by atoms with Crippen molar-refractivity contribution in [3.05, 3.63) is 34.6 Å². The highest BCUT2D eigenvalue weighted by atomic mass is 16.4. The van der Waals surface area contributed by atoms with Crippen LogP contribution in [0.25, 0.3) is 11.0 Å². The van der Waals surface area contributed by atoms with Crippen molar-refractivity contribution in [3.8, 4) is 0 Å². The van der Waals surface area contributed by atoms with Crippen molar-refractivity contribution in [1.82, 2.24) is 9.97 Å². The summed E-state index contributed by atoms with van der Waals surface area (Å²) < 4.78 is 0. The van der Waals surface area contributed by atoms with Crippen LogP contribution in [-0.4, -0.2) is 72.7 Å². The molecule has 0 radical (unpaired) electrons. The maximum atomic E-state index is 11.8. The number of aliphatic hydroxyl groups is 5. The van der Waals surface area contributed by atoms with Crippen molar-refractivity contribution in [2.75, 3.05) is 12.0 Å². The van der Waals surface area contributed by atoms with Gasteiger partial charge in [-0.3, -0.25) is 10.2 Å². The van der Waals surface area contributed by atoms with Gasteiger partial charge >= 0.3 is 0 Å². The van der Waals surface area contributed by atoms with Crippen molar-refractivity contribution in [2.45, 2.75) is 24.4 Å². The van der Waals surface area contributed by atoms with E-state index < -0.39 is 36.6 Å². The quantitative estimate of drug-likeness (QED) is 0.219. The molecule has 24 heavy (non-hydrogen) atoms. The van der Waals surface area contributed by atoms with E-state index in [9.17, 15) is 25.2 Å². The summed E-state index contributed by atoms with van der Waals surface area (Å²) >= 11 is 0. The van der Waals surface area contributed by atoms with Gasteiger partial charge in [-0.2, -0.15) is 5.10 Å². The third kappa shape index (κ3) is 4.13. The van der Waals surface area contributed by atoms with Gasteiger partial charge in [0.2, 0.25) is 5.82 Å². The number of hydrazone groups is 1. The van der Waals surface area contributed by atoms with E-state index in [1.165, 1.54) is 0 Å². The van der Waals surface area contributed by atoms with E-state index in [2.05, 4.69) is 20.5 Å². The molecule has 1 aromatic heterocycles. The number of benzene rings is 1. The molecule has 0 spiro atoms. The predicted octanol–water partition coefficient (Wildman–Crippen LogP) is -2.24. The highest BCUT2D eigenvalue weighted by Crippen LogP contribution is 2.08. The van der Waals surface area contributed by atoms with Gasteiger partial charge in [0.25, 0.3) is 5.56 Å². The number of nitrogens with one attached hydrogen (secondary N) is 2. The number of anilines is 1. The Morgan fingerprint density at radius 3 is 2.62 bits per heavy atom. The summed E-state index contributed by atoms with van der Waals surface area (Å²) in [4.78, 5) is 18.5. The fourth-order valence-electron chi connectivity index (χ4n) is 1.91. The standard InChI is InChI=1S/C14H18N4O6/c19-6-10(21)12(23)11(22)9(20)5-15-18-13-14(24)17-8-4-2-1-3-7(8)16-13/h1-5,9-12,19-23H,6H2,(H,16,18)(H,17,24). The van der Waals surface area contributed by atoms with E-state index in [1.807, 2.05) is 0 Å². The number of rotatable bonds is 7. The van der Waals surface area contributed by atoms with Crippen LogP contribution in [0.5, 0.6) is 0 Å². The molecular formula is C14H18N4O6. The molecule has 0 saturated carbocycles. The Morgan fingerprint density at radius 1 is 1.21 bits per heavy atom. The zero-order valence-electron chi connectivity index (χ0n) is 12.4.